The topological polar surface area (TPSA) is 0 Å². The molecule has 0 saturated heterocycles. The largest absolute Gasteiger partial charge is 0.0654 e. The Balaban J connectivity index is 3.42. The summed E-state index contributed by atoms with van der Waals surface area (Å²) in [7, 11) is 0. The fourth-order valence-corrected chi connectivity index (χ4v) is 4.71. The van der Waals surface area contributed by atoms with Crippen LogP contribution in [0.25, 0.3) is 0 Å². The average molecular weight is 408 g/mol. The molecule has 0 heteroatoms. The van der Waals surface area contributed by atoms with Crippen LogP contribution in [0.4, 0.5) is 0 Å². The van der Waals surface area contributed by atoms with Crippen LogP contribution in [-0.2, 0) is 0 Å². The first-order valence-corrected chi connectivity index (χ1v) is 14.1. The molecular formula is C29H59. The van der Waals surface area contributed by atoms with Gasteiger partial charge in [0.2, 0.25) is 0 Å². The molecule has 0 bridgehead atoms. The van der Waals surface area contributed by atoms with E-state index in [0.29, 0.717) is 0 Å². The molecule has 0 aromatic carbocycles. The summed E-state index contributed by atoms with van der Waals surface area (Å²) in [6, 6.07) is 0. The smallest absolute Gasteiger partial charge is 0.0414 e. The van der Waals surface area contributed by atoms with Crippen molar-refractivity contribution in [3.8, 4) is 0 Å². The second-order valence-electron chi connectivity index (χ2n) is 9.80. The summed E-state index contributed by atoms with van der Waals surface area (Å²) in [5.41, 5.74) is 0. The van der Waals surface area contributed by atoms with Crippen LogP contribution < -0.4 is 0 Å². The molecule has 1 unspecified atom stereocenters. The van der Waals surface area contributed by atoms with Crippen LogP contribution in [0.1, 0.15) is 174 Å². The fraction of sp³-hybridized carbons (Fsp3) is 0.966. The second kappa shape index (κ2) is 26.0. The molecule has 0 N–H and O–H groups in total. The van der Waals surface area contributed by atoms with Gasteiger partial charge in [-0.25, -0.2) is 0 Å². The van der Waals surface area contributed by atoms with Crippen molar-refractivity contribution in [3.63, 3.8) is 0 Å². The maximum absolute atomic E-state index is 3.99. The average Bonchev–Trinajstić information content (AvgIpc) is 2.73. The van der Waals surface area contributed by atoms with E-state index in [4.69, 9.17) is 0 Å². The van der Waals surface area contributed by atoms with Gasteiger partial charge < -0.3 is 0 Å². The van der Waals surface area contributed by atoms with Crippen LogP contribution in [-0.4, -0.2) is 0 Å². The summed E-state index contributed by atoms with van der Waals surface area (Å²) >= 11 is 0. The summed E-state index contributed by atoms with van der Waals surface area (Å²) in [4.78, 5) is 0. The van der Waals surface area contributed by atoms with Gasteiger partial charge in [0.05, 0.1) is 0 Å². The Labute approximate surface area is 187 Å². The van der Waals surface area contributed by atoms with Gasteiger partial charge in [-0.15, -0.1) is 0 Å². The van der Waals surface area contributed by atoms with Crippen LogP contribution >= 0.6 is 0 Å². The molecule has 0 nitrogen and oxygen atoms in total. The van der Waals surface area contributed by atoms with Crippen LogP contribution in [0.15, 0.2) is 0 Å². The Morgan fingerprint density at radius 1 is 0.379 bits per heavy atom. The van der Waals surface area contributed by atoms with E-state index in [2.05, 4.69) is 20.8 Å². The molecule has 0 spiro atoms. The first-order chi connectivity index (χ1) is 14.3. The van der Waals surface area contributed by atoms with Gasteiger partial charge in [-0.3, -0.25) is 0 Å². The third kappa shape index (κ3) is 24.1. The summed E-state index contributed by atoms with van der Waals surface area (Å²) < 4.78 is 0. The number of rotatable bonds is 25. The lowest BCUT2D eigenvalue weighted by Crippen LogP contribution is -2.01. The Morgan fingerprint density at radius 2 is 0.655 bits per heavy atom. The number of hydrogen-bond acceptors (Lipinski definition) is 0. The minimum Gasteiger partial charge on any atom is -0.0654 e. The molecule has 0 aliphatic heterocycles. The summed E-state index contributed by atoms with van der Waals surface area (Å²) in [5, 5.41) is 0. The normalized spacial score (nSPS) is 12.5. The standard InChI is InChI=1S/C29H59/c1-4-7-10-12-13-14-15-16-17-18-19-20-21-22-25-28-29(26-23-9-6-3)27-24-11-8-5-2/h29H,2,4-28H2,1,3H3. The summed E-state index contributed by atoms with van der Waals surface area (Å²) in [6.45, 7) is 8.62. The molecule has 0 amide bonds. The lowest BCUT2D eigenvalue weighted by molar-refractivity contribution is 0.369. The maximum atomic E-state index is 3.99. The summed E-state index contributed by atoms with van der Waals surface area (Å²) in [5.74, 6) is 1.02. The van der Waals surface area contributed by atoms with Crippen molar-refractivity contribution in [1.82, 2.24) is 0 Å². The lowest BCUT2D eigenvalue weighted by Gasteiger charge is -2.16. The molecule has 29 heavy (non-hydrogen) atoms. The van der Waals surface area contributed by atoms with Gasteiger partial charge in [-0.2, -0.15) is 0 Å². The zero-order valence-corrected chi connectivity index (χ0v) is 21.0. The van der Waals surface area contributed by atoms with Crippen molar-refractivity contribution in [2.45, 2.75) is 174 Å². The van der Waals surface area contributed by atoms with E-state index >= 15 is 0 Å². The molecule has 0 aliphatic carbocycles. The van der Waals surface area contributed by atoms with Crippen LogP contribution in [0.2, 0.25) is 0 Å². The minimum atomic E-state index is 1.02. The Hall–Kier alpha value is 0. The van der Waals surface area contributed by atoms with Crippen LogP contribution in [0, 0.1) is 12.8 Å². The maximum Gasteiger partial charge on any atom is -0.0414 e. The highest BCUT2D eigenvalue weighted by Gasteiger charge is 2.08. The van der Waals surface area contributed by atoms with Gasteiger partial charge >= 0.3 is 0 Å². The van der Waals surface area contributed by atoms with E-state index < -0.39 is 0 Å². The highest BCUT2D eigenvalue weighted by atomic mass is 14.1. The van der Waals surface area contributed by atoms with E-state index in [-0.39, 0.29) is 0 Å². The third-order valence-corrected chi connectivity index (χ3v) is 6.79. The van der Waals surface area contributed by atoms with Gasteiger partial charge in [-0.1, -0.05) is 181 Å². The third-order valence-electron chi connectivity index (χ3n) is 6.79. The number of unbranched alkanes of at least 4 members (excludes halogenated alkanes) is 19. The Morgan fingerprint density at radius 3 is 1.03 bits per heavy atom. The number of hydrogen-bond donors (Lipinski definition) is 0. The predicted molar refractivity (Wildman–Crippen MR) is 136 cm³/mol. The molecule has 0 aromatic rings. The molecular weight excluding hydrogens is 348 g/mol. The van der Waals surface area contributed by atoms with Gasteiger partial charge in [0.15, 0.2) is 0 Å². The van der Waals surface area contributed by atoms with E-state index in [1.165, 1.54) is 154 Å². The molecule has 175 valence electrons. The molecule has 0 saturated carbocycles. The van der Waals surface area contributed by atoms with Crippen molar-refractivity contribution in [3.05, 3.63) is 6.92 Å². The van der Waals surface area contributed by atoms with Crippen molar-refractivity contribution < 1.29 is 0 Å². The zero-order chi connectivity index (χ0) is 21.3. The highest BCUT2D eigenvalue weighted by Crippen LogP contribution is 2.24. The van der Waals surface area contributed by atoms with Crippen molar-refractivity contribution in [1.29, 1.82) is 0 Å². The van der Waals surface area contributed by atoms with E-state index in [1.54, 1.807) is 0 Å². The monoisotopic (exact) mass is 407 g/mol. The van der Waals surface area contributed by atoms with Crippen LogP contribution in [0.5, 0.6) is 0 Å². The fourth-order valence-electron chi connectivity index (χ4n) is 4.71. The molecule has 0 aromatic heterocycles. The molecule has 0 aliphatic rings. The van der Waals surface area contributed by atoms with E-state index in [9.17, 15) is 0 Å². The first-order valence-electron chi connectivity index (χ1n) is 14.1. The van der Waals surface area contributed by atoms with Crippen LogP contribution in [0.3, 0.4) is 0 Å². The first kappa shape index (κ1) is 29.0. The van der Waals surface area contributed by atoms with Crippen molar-refractivity contribution in [2.75, 3.05) is 0 Å². The van der Waals surface area contributed by atoms with Crippen molar-refractivity contribution in [2.24, 2.45) is 5.92 Å². The van der Waals surface area contributed by atoms with E-state index in [1.807, 2.05) is 0 Å². The Kier molecular flexibility index (Phi) is 26.0. The van der Waals surface area contributed by atoms with E-state index in [0.717, 1.165) is 12.3 Å². The highest BCUT2D eigenvalue weighted by molar-refractivity contribution is 4.62. The molecule has 0 rings (SSSR count). The quantitative estimate of drug-likeness (QED) is 0.132. The molecule has 0 heterocycles. The second-order valence-corrected chi connectivity index (χ2v) is 9.80. The van der Waals surface area contributed by atoms with Gasteiger partial charge in [0, 0.05) is 0 Å². The molecule has 1 radical (unpaired) electrons. The molecule has 0 fully saturated rings. The van der Waals surface area contributed by atoms with Gasteiger partial charge in [0.25, 0.3) is 0 Å². The minimum absolute atomic E-state index is 1.02. The summed E-state index contributed by atoms with van der Waals surface area (Å²) in [6.07, 6.45) is 36.2. The van der Waals surface area contributed by atoms with Crippen molar-refractivity contribution >= 4 is 0 Å². The van der Waals surface area contributed by atoms with Gasteiger partial charge in [-0.05, 0) is 5.92 Å². The Bertz CT molecular complexity index is 269. The lowest BCUT2D eigenvalue weighted by atomic mass is 9.90. The van der Waals surface area contributed by atoms with Gasteiger partial charge in [0.1, 0.15) is 0 Å². The molecule has 1 atom stereocenters. The SMILES string of the molecule is [CH2]CCCCCC(CCCCC)CCCCCCCCCCCCCCCCC. The zero-order valence-electron chi connectivity index (χ0n) is 21.0. The predicted octanol–water partition coefficient (Wildman–Crippen LogP) is 11.2.